The van der Waals surface area contributed by atoms with Crippen LogP contribution in [0.5, 0.6) is 5.75 Å². The Labute approximate surface area is 137 Å². The zero-order valence-electron chi connectivity index (χ0n) is 14.2. The quantitative estimate of drug-likeness (QED) is 0.864. The van der Waals surface area contributed by atoms with Crippen molar-refractivity contribution < 1.29 is 19.3 Å². The van der Waals surface area contributed by atoms with Crippen molar-refractivity contribution in [2.75, 3.05) is 19.9 Å². The Morgan fingerprint density at radius 3 is 2.74 bits per heavy atom. The Bertz CT molecular complexity index is 540. The Hall–Kier alpha value is -1.14. The number of aliphatic hydroxyl groups excluding tert-OH is 1. The van der Waals surface area contributed by atoms with Crippen LogP contribution in [0.15, 0.2) is 18.2 Å². The van der Waals surface area contributed by atoms with Crippen molar-refractivity contribution in [1.29, 1.82) is 0 Å². The predicted octanol–water partition coefficient (Wildman–Crippen LogP) is 1.65. The largest absolute Gasteiger partial charge is 0.491 e. The molecule has 0 spiro atoms. The fraction of sp³-hybridized carbons (Fsp3) is 0.667. The van der Waals surface area contributed by atoms with Crippen molar-refractivity contribution in [1.82, 2.24) is 5.32 Å². The van der Waals surface area contributed by atoms with Gasteiger partial charge in [0.05, 0.1) is 12.2 Å². The summed E-state index contributed by atoms with van der Waals surface area (Å²) in [5, 5.41) is 13.4. The molecule has 0 bridgehead atoms. The minimum atomic E-state index is -0.535. The predicted molar refractivity (Wildman–Crippen MR) is 87.7 cm³/mol. The van der Waals surface area contributed by atoms with Crippen LogP contribution >= 0.6 is 0 Å². The molecule has 2 aliphatic rings. The van der Waals surface area contributed by atoms with E-state index in [-0.39, 0.29) is 24.4 Å². The molecule has 3 atom stereocenters. The summed E-state index contributed by atoms with van der Waals surface area (Å²) in [5.74, 6) is 0.853. The van der Waals surface area contributed by atoms with E-state index in [0.717, 1.165) is 18.6 Å². The van der Waals surface area contributed by atoms with E-state index in [2.05, 4.69) is 32.2 Å². The van der Waals surface area contributed by atoms with E-state index >= 15 is 0 Å². The van der Waals surface area contributed by atoms with Crippen LogP contribution in [-0.2, 0) is 22.3 Å². The molecule has 1 aliphatic carbocycles. The first kappa shape index (κ1) is 16.7. The molecule has 1 fully saturated rings. The van der Waals surface area contributed by atoms with Crippen molar-refractivity contribution in [2.24, 2.45) is 0 Å². The molecule has 1 aromatic rings. The van der Waals surface area contributed by atoms with Crippen molar-refractivity contribution in [3.63, 3.8) is 0 Å². The Morgan fingerprint density at radius 2 is 2.00 bits per heavy atom. The van der Waals surface area contributed by atoms with E-state index in [4.69, 9.17) is 14.2 Å². The van der Waals surface area contributed by atoms with E-state index in [9.17, 15) is 5.11 Å². The minimum absolute atomic E-state index is 0.0122. The second-order valence-corrected chi connectivity index (χ2v) is 7.43. The van der Waals surface area contributed by atoms with Gasteiger partial charge in [0.1, 0.15) is 25.3 Å². The highest BCUT2D eigenvalue weighted by Gasteiger charge is 2.35. The molecule has 5 heteroatoms. The maximum Gasteiger partial charge on any atom is 0.147 e. The minimum Gasteiger partial charge on any atom is -0.491 e. The number of β-amino-alcohol motifs (C(OH)–C–C–N with tert-alkyl or cyclic N) is 1. The van der Waals surface area contributed by atoms with Gasteiger partial charge >= 0.3 is 0 Å². The maximum absolute atomic E-state index is 10.1. The van der Waals surface area contributed by atoms with Gasteiger partial charge < -0.3 is 24.6 Å². The molecule has 3 rings (SSSR count). The van der Waals surface area contributed by atoms with Gasteiger partial charge in [-0.1, -0.05) is 12.1 Å². The molecule has 0 radical (unpaired) electrons. The van der Waals surface area contributed by atoms with Gasteiger partial charge in [-0.05, 0) is 32.4 Å². The number of rotatable bonds is 5. The second kappa shape index (κ2) is 6.77. The SMILES string of the molecule is CC(C)(C)NCC(O)COc1cccc2c1C[C@@H]1OCO[C@@H]1C2. The van der Waals surface area contributed by atoms with E-state index in [1.165, 1.54) is 11.1 Å². The third-order valence-electron chi connectivity index (χ3n) is 4.33. The van der Waals surface area contributed by atoms with Gasteiger partial charge in [-0.3, -0.25) is 0 Å². The lowest BCUT2D eigenvalue weighted by Gasteiger charge is -2.27. The topological polar surface area (TPSA) is 60.0 Å². The average molecular weight is 321 g/mol. The molecule has 2 N–H and O–H groups in total. The Kier molecular flexibility index (Phi) is 4.92. The molecule has 0 saturated carbocycles. The molecule has 0 aromatic heterocycles. The van der Waals surface area contributed by atoms with Crippen LogP contribution in [-0.4, -0.2) is 48.9 Å². The van der Waals surface area contributed by atoms with E-state index in [0.29, 0.717) is 13.3 Å². The van der Waals surface area contributed by atoms with Gasteiger partial charge in [0.25, 0.3) is 0 Å². The van der Waals surface area contributed by atoms with Gasteiger partial charge in [0.2, 0.25) is 0 Å². The van der Waals surface area contributed by atoms with Crippen molar-refractivity contribution >= 4 is 0 Å². The molecule has 1 aromatic carbocycles. The Morgan fingerprint density at radius 1 is 1.26 bits per heavy atom. The summed E-state index contributed by atoms with van der Waals surface area (Å²) in [5.41, 5.74) is 2.44. The van der Waals surface area contributed by atoms with Crippen LogP contribution in [0.2, 0.25) is 0 Å². The third-order valence-corrected chi connectivity index (χ3v) is 4.33. The van der Waals surface area contributed by atoms with Crippen LogP contribution in [0.1, 0.15) is 31.9 Å². The first-order chi connectivity index (χ1) is 10.9. The number of hydrogen-bond acceptors (Lipinski definition) is 5. The van der Waals surface area contributed by atoms with E-state index in [1.807, 2.05) is 12.1 Å². The van der Waals surface area contributed by atoms with Gasteiger partial charge in [-0.25, -0.2) is 0 Å². The zero-order valence-corrected chi connectivity index (χ0v) is 14.2. The number of ether oxygens (including phenoxy) is 3. The third kappa shape index (κ3) is 4.23. The van der Waals surface area contributed by atoms with Crippen LogP contribution in [0.3, 0.4) is 0 Å². The first-order valence-corrected chi connectivity index (χ1v) is 8.32. The summed E-state index contributed by atoms with van der Waals surface area (Å²) in [6, 6.07) is 6.10. The molecular formula is C18H27NO4. The molecule has 1 aliphatic heterocycles. The normalized spacial score (nSPS) is 24.9. The average Bonchev–Trinajstić information content (AvgIpc) is 2.95. The van der Waals surface area contributed by atoms with E-state index in [1.54, 1.807) is 0 Å². The fourth-order valence-electron chi connectivity index (χ4n) is 3.07. The van der Waals surface area contributed by atoms with Gasteiger partial charge in [0, 0.05) is 30.5 Å². The number of nitrogens with one attached hydrogen (secondary N) is 1. The highest BCUT2D eigenvalue weighted by molar-refractivity contribution is 5.43. The van der Waals surface area contributed by atoms with E-state index < -0.39 is 6.10 Å². The summed E-state index contributed by atoms with van der Waals surface area (Å²) >= 11 is 0. The number of aliphatic hydroxyl groups is 1. The molecule has 1 saturated heterocycles. The number of hydrogen-bond donors (Lipinski definition) is 2. The van der Waals surface area contributed by atoms with Crippen molar-refractivity contribution in [2.45, 2.75) is 57.5 Å². The van der Waals surface area contributed by atoms with Gasteiger partial charge in [-0.2, -0.15) is 0 Å². The summed E-state index contributed by atoms with van der Waals surface area (Å²) < 4.78 is 17.1. The van der Waals surface area contributed by atoms with Gasteiger partial charge in [-0.15, -0.1) is 0 Å². The molecule has 0 amide bonds. The Balaban J connectivity index is 1.60. The molecule has 1 unspecified atom stereocenters. The smallest absolute Gasteiger partial charge is 0.147 e. The summed E-state index contributed by atoms with van der Waals surface area (Å²) in [6.45, 7) is 7.42. The first-order valence-electron chi connectivity index (χ1n) is 8.32. The van der Waals surface area contributed by atoms with Crippen molar-refractivity contribution in [3.8, 4) is 5.75 Å². The standard InChI is InChI=1S/C18H27NO4/c1-18(2,3)19-9-13(20)10-21-15-6-4-5-12-7-16-17(8-14(12)15)23-11-22-16/h4-6,13,16-17,19-20H,7-11H2,1-3H3/t13?,16-,17+/m1/s1. The van der Waals surface area contributed by atoms with Gasteiger partial charge in [0.15, 0.2) is 0 Å². The number of benzene rings is 1. The van der Waals surface area contributed by atoms with Crippen molar-refractivity contribution in [3.05, 3.63) is 29.3 Å². The highest BCUT2D eigenvalue weighted by atomic mass is 16.7. The molecule has 128 valence electrons. The lowest BCUT2D eigenvalue weighted by Crippen LogP contribution is -2.42. The number of fused-ring (bicyclic) bond motifs is 2. The zero-order chi connectivity index (χ0) is 16.4. The summed E-state index contributed by atoms with van der Waals surface area (Å²) in [6.07, 6.45) is 1.43. The molecule has 5 nitrogen and oxygen atoms in total. The summed E-state index contributed by atoms with van der Waals surface area (Å²) in [4.78, 5) is 0. The fourth-order valence-corrected chi connectivity index (χ4v) is 3.07. The maximum atomic E-state index is 10.1. The summed E-state index contributed by atoms with van der Waals surface area (Å²) in [7, 11) is 0. The van der Waals surface area contributed by atoms with Crippen LogP contribution in [0.25, 0.3) is 0 Å². The highest BCUT2D eigenvalue weighted by Crippen LogP contribution is 2.34. The molecule has 1 heterocycles. The lowest BCUT2D eigenvalue weighted by molar-refractivity contribution is 0.0399. The lowest BCUT2D eigenvalue weighted by atomic mass is 9.87. The second-order valence-electron chi connectivity index (χ2n) is 7.43. The molecule has 23 heavy (non-hydrogen) atoms. The van der Waals surface area contributed by atoms with Crippen LogP contribution < -0.4 is 10.1 Å². The van der Waals surface area contributed by atoms with Crippen LogP contribution in [0, 0.1) is 0 Å². The monoisotopic (exact) mass is 321 g/mol. The van der Waals surface area contributed by atoms with Crippen LogP contribution in [0.4, 0.5) is 0 Å². The molecular weight excluding hydrogens is 294 g/mol.